The van der Waals surface area contributed by atoms with Gasteiger partial charge in [0.1, 0.15) is 49.0 Å². The molecule has 0 aliphatic heterocycles. The number of rotatable bonds is 13. The largest absolute Gasteiger partial charge is 0.468 e. The maximum absolute atomic E-state index is 11.5. The summed E-state index contributed by atoms with van der Waals surface area (Å²) in [5.41, 5.74) is 9.77. The predicted molar refractivity (Wildman–Crippen MR) is 309 cm³/mol. The van der Waals surface area contributed by atoms with E-state index in [0.717, 1.165) is 77.5 Å². The molecule has 0 aliphatic rings. The number of hydrogen-bond acceptors (Lipinski definition) is 17. The Hall–Kier alpha value is -11.3. The van der Waals surface area contributed by atoms with Gasteiger partial charge in [0, 0.05) is 81.4 Å². The van der Waals surface area contributed by atoms with Crippen molar-refractivity contribution in [2.24, 2.45) is 0 Å². The molecule has 5 aromatic carbocycles. The van der Waals surface area contributed by atoms with Crippen LogP contribution in [0.4, 0.5) is 5.69 Å². The van der Waals surface area contributed by atoms with Gasteiger partial charge in [-0.15, -0.1) is 0 Å². The van der Waals surface area contributed by atoms with Crippen LogP contribution in [0.2, 0.25) is 0 Å². The number of ether oxygens (including phenoxy) is 4. The maximum Gasteiger partial charge on any atom is 0.327 e. The average molecular weight is 1110 g/mol. The standard InChI is InChI=1S/C16H13N3O4.3C15H13N3O2/c1-23-15(20)10-18-14-8-3-2-7-13(14)16(17-18)11-5-4-6-12(9-11)19(21)22;1-20-14(19)10-18-13-8-3-2-6-11(13)15(17-18)12-7-4-5-9-16-12;1-20-14(19)10-18-13-7-3-2-6-12(13)15(17-18)11-5-4-8-16-9-11;1-20-14(19)10-18-13-5-3-2-4-12(13)15(17-18)11-6-8-16-9-7-11/h2-9H,10H2,1H3;3*2-9H,10H2,1H3. The first-order valence-corrected chi connectivity index (χ1v) is 25.5. The van der Waals surface area contributed by atoms with Crippen molar-refractivity contribution < 1.29 is 43.0 Å². The minimum absolute atomic E-state index is 0.00546. The summed E-state index contributed by atoms with van der Waals surface area (Å²) in [5, 5.41) is 32.7. The fraction of sp³-hybridized carbons (Fsp3) is 0.131. The van der Waals surface area contributed by atoms with Crippen molar-refractivity contribution in [1.29, 1.82) is 0 Å². The van der Waals surface area contributed by atoms with Crippen molar-refractivity contribution in [3.63, 3.8) is 0 Å². The number of esters is 4. The van der Waals surface area contributed by atoms with E-state index in [9.17, 15) is 29.3 Å². The number of pyridine rings is 3. The Morgan fingerprint density at radius 3 is 1.22 bits per heavy atom. The summed E-state index contributed by atoms with van der Waals surface area (Å²) < 4.78 is 25.3. The summed E-state index contributed by atoms with van der Waals surface area (Å²) >= 11 is 0. The third kappa shape index (κ3) is 13.3. The highest BCUT2D eigenvalue weighted by Crippen LogP contribution is 2.32. The zero-order valence-corrected chi connectivity index (χ0v) is 45.3. The molecule has 416 valence electrons. The van der Waals surface area contributed by atoms with E-state index >= 15 is 0 Å². The Labute approximate surface area is 473 Å². The van der Waals surface area contributed by atoms with Gasteiger partial charge in [-0.1, -0.05) is 91.0 Å². The lowest BCUT2D eigenvalue weighted by Crippen LogP contribution is -2.12. The number of carbonyl (C=O) groups excluding carboxylic acids is 4. The van der Waals surface area contributed by atoms with Crippen LogP contribution in [-0.4, -0.2) is 111 Å². The molecule has 0 unspecified atom stereocenters. The predicted octanol–water partition coefficient (Wildman–Crippen LogP) is 9.60. The van der Waals surface area contributed by atoms with Crippen molar-refractivity contribution in [1.82, 2.24) is 54.1 Å². The molecule has 7 aromatic heterocycles. The maximum atomic E-state index is 11.5. The van der Waals surface area contributed by atoms with Gasteiger partial charge in [0.05, 0.1) is 61.1 Å². The molecule has 22 nitrogen and oxygen atoms in total. The molecule has 0 amide bonds. The minimum Gasteiger partial charge on any atom is -0.468 e. The van der Waals surface area contributed by atoms with Gasteiger partial charge >= 0.3 is 23.9 Å². The Morgan fingerprint density at radius 1 is 0.410 bits per heavy atom. The smallest absolute Gasteiger partial charge is 0.327 e. The fourth-order valence-corrected chi connectivity index (χ4v) is 8.85. The summed E-state index contributed by atoms with van der Waals surface area (Å²) in [7, 11) is 5.43. The molecule has 0 saturated carbocycles. The lowest BCUT2D eigenvalue weighted by Gasteiger charge is -2.01. The Balaban J connectivity index is 0.000000133. The Morgan fingerprint density at radius 2 is 0.807 bits per heavy atom. The number of benzene rings is 5. The molecule has 0 bridgehead atoms. The molecule has 0 aliphatic carbocycles. The molecule has 12 aromatic rings. The van der Waals surface area contributed by atoms with Crippen LogP contribution in [0, 0.1) is 10.1 Å². The zero-order chi connectivity index (χ0) is 58.2. The number of nitro groups is 1. The zero-order valence-electron chi connectivity index (χ0n) is 45.3. The summed E-state index contributed by atoms with van der Waals surface area (Å²) in [6.45, 7) is 0.259. The van der Waals surface area contributed by atoms with E-state index in [4.69, 9.17) is 14.2 Å². The second-order valence-electron chi connectivity index (χ2n) is 17.9. The van der Waals surface area contributed by atoms with Gasteiger partial charge in [-0.3, -0.25) is 63.0 Å². The van der Waals surface area contributed by atoms with Crippen molar-refractivity contribution in [2.75, 3.05) is 28.4 Å². The van der Waals surface area contributed by atoms with Crippen molar-refractivity contribution >= 4 is 73.2 Å². The number of hydrogen-bond donors (Lipinski definition) is 0. The minimum atomic E-state index is -0.447. The summed E-state index contributed by atoms with van der Waals surface area (Å²) in [5.74, 6) is -1.38. The van der Waals surface area contributed by atoms with E-state index in [0.29, 0.717) is 11.3 Å². The van der Waals surface area contributed by atoms with Crippen molar-refractivity contribution in [3.8, 4) is 45.2 Å². The SMILES string of the molecule is COC(=O)Cn1nc(-c2cccc([N+](=O)[O-])c2)c2ccccc21.COC(=O)Cn1nc(-c2ccccn2)c2ccccc21.COC(=O)Cn1nc(-c2cccnc2)c2ccccc21.COC(=O)Cn1nc(-c2ccncc2)c2ccccc21. The average Bonchev–Trinajstić information content (AvgIpc) is 4.47. The van der Waals surface area contributed by atoms with Crippen LogP contribution in [0.1, 0.15) is 0 Å². The van der Waals surface area contributed by atoms with Crippen molar-refractivity contribution in [3.05, 3.63) is 205 Å². The first-order chi connectivity index (χ1) is 40.5. The third-order valence-electron chi connectivity index (χ3n) is 12.8. The summed E-state index contributed by atoms with van der Waals surface area (Å²) in [4.78, 5) is 68.9. The van der Waals surface area contributed by atoms with Crippen LogP contribution in [0.3, 0.4) is 0 Å². The highest BCUT2D eigenvalue weighted by Gasteiger charge is 2.19. The van der Waals surface area contributed by atoms with Crippen LogP contribution in [0.5, 0.6) is 0 Å². The van der Waals surface area contributed by atoms with Crippen LogP contribution in [-0.2, 0) is 64.3 Å². The lowest BCUT2D eigenvalue weighted by atomic mass is 10.1. The van der Waals surface area contributed by atoms with Crippen LogP contribution in [0.25, 0.3) is 88.8 Å². The number of non-ortho nitro benzene ring substituents is 1. The first kappa shape index (κ1) is 56.4. The normalized spacial score (nSPS) is 10.7. The Kier molecular flexibility index (Phi) is 18.1. The molecule has 0 N–H and O–H groups in total. The molecular formula is C61H52N12O10. The summed E-state index contributed by atoms with van der Waals surface area (Å²) in [6, 6.07) is 50.3. The van der Waals surface area contributed by atoms with Crippen LogP contribution < -0.4 is 0 Å². The van der Waals surface area contributed by atoms with E-state index in [1.807, 2.05) is 140 Å². The number of para-hydroxylation sites is 4. The van der Waals surface area contributed by atoms with Crippen LogP contribution in [0.15, 0.2) is 195 Å². The second kappa shape index (κ2) is 26.6. The molecule has 0 saturated heterocycles. The fourth-order valence-electron chi connectivity index (χ4n) is 8.85. The van der Waals surface area contributed by atoms with E-state index in [-0.39, 0.29) is 49.8 Å². The number of fused-ring (bicyclic) bond motifs is 4. The molecule has 12 rings (SSSR count). The van der Waals surface area contributed by atoms with Crippen LogP contribution >= 0.6 is 0 Å². The van der Waals surface area contributed by atoms with Crippen molar-refractivity contribution in [2.45, 2.75) is 26.2 Å². The molecular weight excluding hydrogens is 1060 g/mol. The van der Waals surface area contributed by atoms with E-state index in [1.165, 1.54) is 45.3 Å². The molecule has 0 fully saturated rings. The lowest BCUT2D eigenvalue weighted by molar-refractivity contribution is -0.384. The highest BCUT2D eigenvalue weighted by molar-refractivity contribution is 5.96. The number of nitrogens with zero attached hydrogens (tertiary/aromatic N) is 12. The Bertz CT molecular complexity index is 3930. The molecule has 22 heteroatoms. The molecule has 0 radical (unpaired) electrons. The van der Waals surface area contributed by atoms with Gasteiger partial charge in [-0.2, -0.15) is 20.4 Å². The molecule has 0 spiro atoms. The van der Waals surface area contributed by atoms with E-state index < -0.39 is 10.9 Å². The second-order valence-corrected chi connectivity index (χ2v) is 17.9. The highest BCUT2D eigenvalue weighted by atomic mass is 16.6. The monoisotopic (exact) mass is 1110 g/mol. The molecule has 83 heavy (non-hydrogen) atoms. The quantitative estimate of drug-likeness (QED) is 0.0450. The number of carbonyl (C=O) groups is 4. The van der Waals surface area contributed by atoms with Gasteiger partial charge in [-0.25, -0.2) is 0 Å². The number of methoxy groups -OCH3 is 4. The summed E-state index contributed by atoms with van der Waals surface area (Å²) in [6.07, 6.45) is 8.66. The van der Waals surface area contributed by atoms with Gasteiger partial charge in [0.25, 0.3) is 5.69 Å². The molecule has 0 atom stereocenters. The first-order valence-electron chi connectivity index (χ1n) is 25.5. The third-order valence-corrected chi connectivity index (χ3v) is 12.8. The van der Waals surface area contributed by atoms with Gasteiger partial charge in [0.2, 0.25) is 0 Å². The van der Waals surface area contributed by atoms with E-state index in [1.54, 1.807) is 57.2 Å². The molecule has 7 heterocycles. The topological polar surface area (TPSA) is 258 Å². The number of nitro benzene ring substituents is 1. The van der Waals surface area contributed by atoms with Gasteiger partial charge in [0.15, 0.2) is 0 Å². The number of aromatic nitrogens is 11. The van der Waals surface area contributed by atoms with Gasteiger partial charge in [-0.05, 0) is 60.7 Å². The van der Waals surface area contributed by atoms with Gasteiger partial charge < -0.3 is 18.9 Å². The van der Waals surface area contributed by atoms with E-state index in [2.05, 4.69) is 40.1 Å².